The highest BCUT2D eigenvalue weighted by molar-refractivity contribution is 8.00. The summed E-state index contributed by atoms with van der Waals surface area (Å²) in [6.45, 7) is 2.13. The summed E-state index contributed by atoms with van der Waals surface area (Å²) in [7, 11) is 0. The molecule has 0 fully saturated rings. The van der Waals surface area contributed by atoms with Crippen molar-refractivity contribution >= 4 is 46.6 Å². The predicted molar refractivity (Wildman–Crippen MR) is 106 cm³/mol. The number of hydrogen-bond acceptors (Lipinski definition) is 3. The number of aryl methyl sites for hydroxylation is 1. The van der Waals surface area contributed by atoms with Crippen LogP contribution in [0.25, 0.3) is 0 Å². The van der Waals surface area contributed by atoms with Gasteiger partial charge in [-0.25, -0.2) is 0 Å². The molecule has 0 aromatic heterocycles. The molecule has 132 valence electrons. The Labute approximate surface area is 157 Å². The second-order valence-corrected chi connectivity index (χ2v) is 6.97. The molecule has 2 amide bonds. The van der Waals surface area contributed by atoms with Crippen molar-refractivity contribution < 1.29 is 9.59 Å². The number of halogens is 1. The second-order valence-electron chi connectivity index (χ2n) is 5.54. The molecule has 0 radical (unpaired) electrons. The molecule has 0 aliphatic rings. The molecule has 25 heavy (non-hydrogen) atoms. The molecule has 0 bridgehead atoms. The zero-order chi connectivity index (χ0) is 18.1. The Morgan fingerprint density at radius 2 is 1.36 bits per heavy atom. The van der Waals surface area contributed by atoms with Crippen LogP contribution in [0.3, 0.4) is 0 Å². The van der Waals surface area contributed by atoms with Gasteiger partial charge in [-0.2, -0.15) is 0 Å². The molecule has 0 aliphatic carbocycles. The van der Waals surface area contributed by atoms with Gasteiger partial charge in [0, 0.05) is 16.4 Å². The summed E-state index contributed by atoms with van der Waals surface area (Å²) < 4.78 is 0. The van der Waals surface area contributed by atoms with E-state index >= 15 is 0 Å². The summed E-state index contributed by atoms with van der Waals surface area (Å²) >= 11 is 7.07. The van der Waals surface area contributed by atoms with E-state index in [9.17, 15) is 9.59 Å². The van der Waals surface area contributed by atoms with Crippen LogP contribution < -0.4 is 10.6 Å². The number of carbonyl (C=O) groups excluding carboxylic acids is 2. The van der Waals surface area contributed by atoms with Gasteiger partial charge in [0.15, 0.2) is 0 Å². The monoisotopic (exact) mass is 376 g/mol. The smallest absolute Gasteiger partial charge is 0.234 e. The molecule has 0 unspecified atom stereocenters. The zero-order valence-electron chi connectivity index (χ0n) is 14.0. The maximum absolute atomic E-state index is 11.9. The summed E-state index contributed by atoms with van der Waals surface area (Å²) in [5, 5.41) is 6.21. The minimum absolute atomic E-state index is 0.118. The van der Waals surface area contributed by atoms with Gasteiger partial charge in [-0.15, -0.1) is 11.8 Å². The van der Waals surface area contributed by atoms with Crippen molar-refractivity contribution in [3.05, 3.63) is 59.1 Å². The van der Waals surface area contributed by atoms with Gasteiger partial charge in [-0.3, -0.25) is 9.59 Å². The van der Waals surface area contributed by atoms with Crippen LogP contribution >= 0.6 is 23.4 Å². The van der Waals surface area contributed by atoms with Crippen molar-refractivity contribution in [1.82, 2.24) is 0 Å². The minimum Gasteiger partial charge on any atom is -0.325 e. The van der Waals surface area contributed by atoms with Gasteiger partial charge < -0.3 is 10.6 Å². The van der Waals surface area contributed by atoms with E-state index in [0.717, 1.165) is 18.5 Å². The average molecular weight is 377 g/mol. The van der Waals surface area contributed by atoms with E-state index in [1.54, 1.807) is 24.3 Å². The number of anilines is 2. The summed E-state index contributed by atoms with van der Waals surface area (Å²) in [5.41, 5.74) is 2.72. The third kappa shape index (κ3) is 7.20. The first-order valence-corrected chi connectivity index (χ1v) is 9.62. The molecule has 2 N–H and O–H groups in total. The SMILES string of the molecule is CCCc1ccc(NC(=O)CSCC(=O)Nc2ccc(Cl)cc2)cc1. The van der Waals surface area contributed by atoms with Crippen molar-refractivity contribution in [2.75, 3.05) is 22.1 Å². The fourth-order valence-electron chi connectivity index (χ4n) is 2.21. The van der Waals surface area contributed by atoms with Gasteiger partial charge in [0.05, 0.1) is 11.5 Å². The Balaban J connectivity index is 1.69. The first-order valence-electron chi connectivity index (χ1n) is 8.09. The van der Waals surface area contributed by atoms with Gasteiger partial charge in [0.2, 0.25) is 11.8 Å². The Morgan fingerprint density at radius 3 is 1.84 bits per heavy atom. The fourth-order valence-corrected chi connectivity index (χ4v) is 2.95. The molecular weight excluding hydrogens is 356 g/mol. The quantitative estimate of drug-likeness (QED) is 0.707. The van der Waals surface area contributed by atoms with Crippen LogP contribution in [0.1, 0.15) is 18.9 Å². The number of rotatable bonds is 8. The maximum Gasteiger partial charge on any atom is 0.234 e. The molecule has 0 aliphatic heterocycles. The highest BCUT2D eigenvalue weighted by atomic mass is 35.5. The number of benzene rings is 2. The van der Waals surface area contributed by atoms with Crippen molar-refractivity contribution in [2.45, 2.75) is 19.8 Å². The molecule has 0 saturated carbocycles. The number of carbonyl (C=O) groups is 2. The van der Waals surface area contributed by atoms with E-state index in [2.05, 4.69) is 17.6 Å². The second kappa shape index (κ2) is 10.1. The van der Waals surface area contributed by atoms with Crippen molar-refractivity contribution in [2.24, 2.45) is 0 Å². The Hall–Kier alpha value is -1.98. The van der Waals surface area contributed by atoms with Crippen LogP contribution in [0.2, 0.25) is 5.02 Å². The lowest BCUT2D eigenvalue weighted by Crippen LogP contribution is -2.18. The summed E-state index contributed by atoms with van der Waals surface area (Å²) in [6.07, 6.45) is 2.13. The maximum atomic E-state index is 11.9. The molecule has 0 heterocycles. The molecule has 2 rings (SSSR count). The van der Waals surface area contributed by atoms with Crippen molar-refractivity contribution in [3.63, 3.8) is 0 Å². The summed E-state index contributed by atoms with van der Waals surface area (Å²) in [4.78, 5) is 23.8. The number of amides is 2. The lowest BCUT2D eigenvalue weighted by atomic mass is 10.1. The topological polar surface area (TPSA) is 58.2 Å². The third-order valence-corrected chi connectivity index (χ3v) is 4.56. The number of thioether (sulfide) groups is 1. The molecule has 2 aromatic rings. The molecule has 2 aromatic carbocycles. The first kappa shape index (κ1) is 19.3. The van der Waals surface area contributed by atoms with E-state index in [4.69, 9.17) is 11.6 Å². The lowest BCUT2D eigenvalue weighted by molar-refractivity contribution is -0.114. The summed E-state index contributed by atoms with van der Waals surface area (Å²) in [6, 6.07) is 14.7. The number of hydrogen-bond donors (Lipinski definition) is 2. The van der Waals surface area contributed by atoms with E-state index in [1.165, 1.54) is 17.3 Å². The molecule has 0 spiro atoms. The largest absolute Gasteiger partial charge is 0.325 e. The van der Waals surface area contributed by atoms with Crippen LogP contribution in [0, 0.1) is 0 Å². The molecule has 0 saturated heterocycles. The summed E-state index contributed by atoms with van der Waals surface area (Å²) in [5.74, 6) is 0.174. The van der Waals surface area contributed by atoms with Gasteiger partial charge in [0.1, 0.15) is 0 Å². The highest BCUT2D eigenvalue weighted by Crippen LogP contribution is 2.14. The minimum atomic E-state index is -0.149. The van der Waals surface area contributed by atoms with Gasteiger partial charge >= 0.3 is 0 Å². The van der Waals surface area contributed by atoms with Crippen LogP contribution in [-0.2, 0) is 16.0 Å². The molecule has 6 heteroatoms. The highest BCUT2D eigenvalue weighted by Gasteiger charge is 2.07. The Morgan fingerprint density at radius 1 is 0.880 bits per heavy atom. The van der Waals surface area contributed by atoms with Crippen LogP contribution in [-0.4, -0.2) is 23.3 Å². The third-order valence-electron chi connectivity index (χ3n) is 3.37. The predicted octanol–water partition coefficient (Wildman–Crippen LogP) is 4.60. The van der Waals surface area contributed by atoms with Crippen molar-refractivity contribution in [3.8, 4) is 0 Å². The van der Waals surface area contributed by atoms with Crippen LogP contribution in [0.5, 0.6) is 0 Å². The first-order chi connectivity index (χ1) is 12.1. The fraction of sp³-hybridized carbons (Fsp3) is 0.263. The van der Waals surface area contributed by atoms with Crippen LogP contribution in [0.4, 0.5) is 11.4 Å². The zero-order valence-corrected chi connectivity index (χ0v) is 15.6. The lowest BCUT2D eigenvalue weighted by Gasteiger charge is -2.07. The van der Waals surface area contributed by atoms with E-state index in [1.807, 2.05) is 24.3 Å². The van der Waals surface area contributed by atoms with Gasteiger partial charge in [-0.1, -0.05) is 37.1 Å². The van der Waals surface area contributed by atoms with Crippen molar-refractivity contribution in [1.29, 1.82) is 0 Å². The van der Waals surface area contributed by atoms with Gasteiger partial charge in [-0.05, 0) is 48.4 Å². The molecule has 0 atom stereocenters. The number of nitrogens with one attached hydrogen (secondary N) is 2. The average Bonchev–Trinajstić information content (AvgIpc) is 2.59. The van der Waals surface area contributed by atoms with E-state index in [-0.39, 0.29) is 23.3 Å². The van der Waals surface area contributed by atoms with E-state index in [0.29, 0.717) is 10.7 Å². The van der Waals surface area contributed by atoms with Crippen LogP contribution in [0.15, 0.2) is 48.5 Å². The Kier molecular flexibility index (Phi) is 7.82. The molecule has 4 nitrogen and oxygen atoms in total. The van der Waals surface area contributed by atoms with Gasteiger partial charge in [0.25, 0.3) is 0 Å². The Bertz CT molecular complexity index is 702. The standard InChI is InChI=1S/C19H21ClN2O2S/c1-2-3-14-4-8-16(9-5-14)21-18(23)12-25-13-19(24)22-17-10-6-15(20)7-11-17/h4-11H,2-3,12-13H2,1H3,(H,21,23)(H,22,24). The molecular formula is C19H21ClN2O2S. The van der Waals surface area contributed by atoms with E-state index < -0.39 is 0 Å². The normalized spacial score (nSPS) is 10.3.